The molecule has 1 aromatic heterocycles. The molecule has 0 amide bonds. The summed E-state index contributed by atoms with van der Waals surface area (Å²) in [4.78, 5) is 11.9. The highest BCUT2D eigenvalue weighted by molar-refractivity contribution is 6.01. The third-order valence-electron chi connectivity index (χ3n) is 2.63. The van der Waals surface area contributed by atoms with Gasteiger partial charge in [0.2, 0.25) is 0 Å². The van der Waals surface area contributed by atoms with Gasteiger partial charge in [-0.25, -0.2) is 0 Å². The predicted octanol–water partition coefficient (Wildman–Crippen LogP) is 2.60. The summed E-state index contributed by atoms with van der Waals surface area (Å²) in [6.07, 6.45) is 0.998. The first kappa shape index (κ1) is 9.36. The zero-order valence-corrected chi connectivity index (χ0v) is 8.50. The topological polar surface area (TPSA) is 42.7 Å². The Balaban J connectivity index is 1.76. The van der Waals surface area contributed by atoms with Gasteiger partial charge in [-0.05, 0) is 12.1 Å². The number of carbonyl (C=O) groups is 1. The molecular formula is C13H10O3. The number of benzene rings is 1. The van der Waals surface area contributed by atoms with E-state index in [2.05, 4.69) is 0 Å². The molecule has 0 aliphatic carbocycles. The molecule has 0 radical (unpaired) electrons. The van der Waals surface area contributed by atoms with E-state index >= 15 is 0 Å². The molecule has 3 heteroatoms. The Labute approximate surface area is 92.6 Å². The van der Waals surface area contributed by atoms with Crippen LogP contribution in [0.15, 0.2) is 53.1 Å². The van der Waals surface area contributed by atoms with Crippen molar-refractivity contribution in [2.75, 3.05) is 0 Å². The molecule has 3 rings (SSSR count). The van der Waals surface area contributed by atoms with Gasteiger partial charge in [0.05, 0.1) is 6.26 Å². The third-order valence-corrected chi connectivity index (χ3v) is 2.63. The molecule has 1 fully saturated rings. The van der Waals surface area contributed by atoms with Crippen LogP contribution >= 0.6 is 0 Å². The molecule has 2 atom stereocenters. The monoisotopic (exact) mass is 214 g/mol. The van der Waals surface area contributed by atoms with Crippen LogP contribution in [0.2, 0.25) is 0 Å². The molecule has 0 bridgehead atoms. The van der Waals surface area contributed by atoms with Gasteiger partial charge < -0.3 is 9.15 Å². The van der Waals surface area contributed by atoms with E-state index < -0.39 is 0 Å². The lowest BCUT2D eigenvalue weighted by atomic mass is 10.1. The second-order valence-electron chi connectivity index (χ2n) is 3.72. The van der Waals surface area contributed by atoms with E-state index in [0.29, 0.717) is 11.3 Å². The van der Waals surface area contributed by atoms with Gasteiger partial charge in [-0.2, -0.15) is 0 Å². The van der Waals surface area contributed by atoms with Gasteiger partial charge in [0.1, 0.15) is 11.9 Å². The highest BCUT2D eigenvalue weighted by Crippen LogP contribution is 2.40. The Morgan fingerprint density at radius 3 is 2.56 bits per heavy atom. The molecule has 2 aromatic rings. The Bertz CT molecular complexity index is 487. The number of carbonyl (C=O) groups excluding carboxylic acids is 1. The van der Waals surface area contributed by atoms with Crippen molar-refractivity contribution in [2.45, 2.75) is 12.2 Å². The van der Waals surface area contributed by atoms with Crippen LogP contribution in [0.25, 0.3) is 0 Å². The smallest absolute Gasteiger partial charge is 0.194 e. The maximum absolute atomic E-state index is 11.9. The number of ketones is 1. The summed E-state index contributed by atoms with van der Waals surface area (Å²) >= 11 is 0. The molecular weight excluding hydrogens is 204 g/mol. The maximum Gasteiger partial charge on any atom is 0.194 e. The minimum absolute atomic E-state index is 0.0157. The van der Waals surface area contributed by atoms with Gasteiger partial charge in [-0.15, -0.1) is 0 Å². The van der Waals surface area contributed by atoms with Gasteiger partial charge in [-0.3, -0.25) is 4.79 Å². The molecule has 2 unspecified atom stereocenters. The number of rotatable bonds is 3. The molecule has 1 aromatic carbocycles. The van der Waals surface area contributed by atoms with E-state index in [1.807, 2.05) is 24.3 Å². The summed E-state index contributed by atoms with van der Waals surface area (Å²) in [5.74, 6) is 0.733. The SMILES string of the molecule is O=C(c1ccccc1)C1OC1c1ccco1. The second kappa shape index (κ2) is 3.61. The molecule has 0 spiro atoms. The predicted molar refractivity (Wildman–Crippen MR) is 57.1 cm³/mol. The summed E-state index contributed by atoms with van der Waals surface area (Å²) in [6, 6.07) is 12.8. The van der Waals surface area contributed by atoms with Gasteiger partial charge >= 0.3 is 0 Å². The number of epoxide rings is 1. The molecule has 80 valence electrons. The van der Waals surface area contributed by atoms with Crippen molar-refractivity contribution in [3.63, 3.8) is 0 Å². The standard InChI is InChI=1S/C13H10O3/c14-11(9-5-2-1-3-6-9)13-12(16-13)10-7-4-8-15-10/h1-8,12-13H. The summed E-state index contributed by atoms with van der Waals surface area (Å²) < 4.78 is 10.5. The van der Waals surface area contributed by atoms with Crippen molar-refractivity contribution < 1.29 is 13.9 Å². The van der Waals surface area contributed by atoms with Crippen molar-refractivity contribution in [1.29, 1.82) is 0 Å². The summed E-state index contributed by atoms with van der Waals surface area (Å²) in [7, 11) is 0. The van der Waals surface area contributed by atoms with Crippen LogP contribution in [0, 0.1) is 0 Å². The first-order valence-corrected chi connectivity index (χ1v) is 5.14. The Hall–Kier alpha value is -1.87. The van der Waals surface area contributed by atoms with E-state index in [9.17, 15) is 4.79 Å². The van der Waals surface area contributed by atoms with Gasteiger partial charge in [0, 0.05) is 5.56 Å². The quantitative estimate of drug-likeness (QED) is 0.582. The molecule has 1 saturated heterocycles. The average Bonchev–Trinajstić information content (AvgIpc) is 2.95. The van der Waals surface area contributed by atoms with Gasteiger partial charge in [0.15, 0.2) is 11.9 Å². The van der Waals surface area contributed by atoms with Gasteiger partial charge in [-0.1, -0.05) is 30.3 Å². The highest BCUT2D eigenvalue weighted by atomic mass is 16.6. The first-order chi connectivity index (χ1) is 7.86. The van der Waals surface area contributed by atoms with Crippen molar-refractivity contribution >= 4 is 5.78 Å². The molecule has 16 heavy (non-hydrogen) atoms. The number of Topliss-reactive ketones (excluding diaryl/α,β-unsaturated/α-hetero) is 1. The van der Waals surface area contributed by atoms with E-state index in [1.165, 1.54) is 0 Å². The van der Waals surface area contributed by atoms with Crippen molar-refractivity contribution in [3.8, 4) is 0 Å². The third kappa shape index (κ3) is 1.55. The number of ether oxygens (including phenoxy) is 1. The minimum atomic E-state index is -0.381. The van der Waals surface area contributed by atoms with Crippen LogP contribution in [0.1, 0.15) is 22.2 Å². The number of furan rings is 1. The number of hydrogen-bond donors (Lipinski definition) is 0. The highest BCUT2D eigenvalue weighted by Gasteiger charge is 2.47. The summed E-state index contributed by atoms with van der Waals surface area (Å²) in [5.41, 5.74) is 0.682. The zero-order chi connectivity index (χ0) is 11.0. The lowest BCUT2D eigenvalue weighted by molar-refractivity contribution is 0.0953. The fourth-order valence-corrected chi connectivity index (χ4v) is 1.75. The first-order valence-electron chi connectivity index (χ1n) is 5.14. The van der Waals surface area contributed by atoms with Crippen LogP contribution in [-0.4, -0.2) is 11.9 Å². The number of hydrogen-bond acceptors (Lipinski definition) is 3. The summed E-state index contributed by atoms with van der Waals surface area (Å²) in [5, 5.41) is 0. The average molecular weight is 214 g/mol. The van der Waals surface area contributed by atoms with Crippen LogP contribution in [-0.2, 0) is 4.74 Å². The Kier molecular flexibility index (Phi) is 2.11. The zero-order valence-electron chi connectivity index (χ0n) is 8.50. The van der Waals surface area contributed by atoms with Crippen LogP contribution < -0.4 is 0 Å². The molecule has 0 N–H and O–H groups in total. The van der Waals surface area contributed by atoms with Crippen molar-refractivity contribution in [2.24, 2.45) is 0 Å². The van der Waals surface area contributed by atoms with Crippen molar-refractivity contribution in [3.05, 3.63) is 60.1 Å². The van der Waals surface area contributed by atoms with E-state index in [1.54, 1.807) is 24.5 Å². The fraction of sp³-hybridized carbons (Fsp3) is 0.154. The van der Waals surface area contributed by atoms with Gasteiger partial charge in [0.25, 0.3) is 0 Å². The second-order valence-corrected chi connectivity index (χ2v) is 3.72. The van der Waals surface area contributed by atoms with Crippen LogP contribution in [0.5, 0.6) is 0 Å². The molecule has 1 aliphatic heterocycles. The lowest BCUT2D eigenvalue weighted by Crippen LogP contribution is -2.07. The summed E-state index contributed by atoms with van der Waals surface area (Å²) in [6.45, 7) is 0. The van der Waals surface area contributed by atoms with Crippen LogP contribution in [0.3, 0.4) is 0 Å². The van der Waals surface area contributed by atoms with E-state index in [0.717, 1.165) is 0 Å². The molecule has 2 heterocycles. The van der Waals surface area contributed by atoms with Crippen molar-refractivity contribution in [1.82, 2.24) is 0 Å². The maximum atomic E-state index is 11.9. The molecule has 1 aliphatic rings. The lowest BCUT2D eigenvalue weighted by Gasteiger charge is -1.95. The molecule has 3 nitrogen and oxygen atoms in total. The fourth-order valence-electron chi connectivity index (χ4n) is 1.75. The van der Waals surface area contributed by atoms with Crippen LogP contribution in [0.4, 0.5) is 0 Å². The van der Waals surface area contributed by atoms with E-state index in [-0.39, 0.29) is 18.0 Å². The normalized spacial score (nSPS) is 23.0. The Morgan fingerprint density at radius 2 is 1.88 bits per heavy atom. The van der Waals surface area contributed by atoms with E-state index in [4.69, 9.17) is 9.15 Å². The Morgan fingerprint density at radius 1 is 1.06 bits per heavy atom. The molecule has 0 saturated carbocycles. The minimum Gasteiger partial charge on any atom is -0.466 e. The largest absolute Gasteiger partial charge is 0.466 e.